The lowest BCUT2D eigenvalue weighted by Crippen LogP contribution is -2.25. The van der Waals surface area contributed by atoms with Crippen LogP contribution in [0.5, 0.6) is 0 Å². The molecule has 0 unspecified atom stereocenters. The summed E-state index contributed by atoms with van der Waals surface area (Å²) in [6, 6.07) is 15.5. The lowest BCUT2D eigenvalue weighted by molar-refractivity contribution is -0.384. The van der Waals surface area contributed by atoms with Gasteiger partial charge in [0.15, 0.2) is 0 Å². The summed E-state index contributed by atoms with van der Waals surface area (Å²) < 4.78 is 5.52. The molecule has 0 heterocycles. The number of ether oxygens (including phenoxy) is 1. The molecule has 6 nitrogen and oxygen atoms in total. The van der Waals surface area contributed by atoms with Crippen LogP contribution in [0.1, 0.15) is 22.3 Å². The molecule has 1 N–H and O–H groups in total. The fourth-order valence-electron chi connectivity index (χ4n) is 2.00. The Kier molecular flexibility index (Phi) is 6.26. The first-order valence-corrected chi connectivity index (χ1v) is 7.31. The number of carbonyl (C=O) groups excluding carboxylic acids is 1. The SMILES string of the molecule is O=C(NCCCOCc1ccccc1)c1cccc([N+](=O)[O-])c1. The minimum atomic E-state index is -0.520. The summed E-state index contributed by atoms with van der Waals surface area (Å²) >= 11 is 0. The zero-order valence-electron chi connectivity index (χ0n) is 12.6. The lowest BCUT2D eigenvalue weighted by atomic mass is 10.2. The number of non-ortho nitro benzene ring substituents is 1. The van der Waals surface area contributed by atoms with Crippen molar-refractivity contribution in [3.8, 4) is 0 Å². The molecular formula is C17H18N2O4. The van der Waals surface area contributed by atoms with Crippen LogP contribution < -0.4 is 5.32 Å². The molecule has 2 rings (SSSR count). The number of amides is 1. The van der Waals surface area contributed by atoms with Crippen molar-refractivity contribution in [1.29, 1.82) is 0 Å². The molecule has 0 aliphatic rings. The molecule has 1 amide bonds. The van der Waals surface area contributed by atoms with Gasteiger partial charge in [-0.1, -0.05) is 36.4 Å². The zero-order valence-corrected chi connectivity index (χ0v) is 12.6. The maximum atomic E-state index is 11.9. The molecule has 0 bridgehead atoms. The van der Waals surface area contributed by atoms with Crippen molar-refractivity contribution in [2.24, 2.45) is 0 Å². The standard InChI is InChI=1S/C17H18N2O4/c20-17(15-8-4-9-16(12-15)19(21)22)18-10-5-11-23-13-14-6-2-1-3-7-14/h1-4,6-9,12H,5,10-11,13H2,(H,18,20). The van der Waals surface area contributed by atoms with E-state index in [2.05, 4.69) is 5.32 Å². The summed E-state index contributed by atoms with van der Waals surface area (Å²) in [4.78, 5) is 22.1. The van der Waals surface area contributed by atoms with Gasteiger partial charge in [0.25, 0.3) is 11.6 Å². The van der Waals surface area contributed by atoms with Crippen molar-refractivity contribution in [1.82, 2.24) is 5.32 Å². The van der Waals surface area contributed by atoms with E-state index < -0.39 is 4.92 Å². The minimum absolute atomic E-state index is 0.0937. The third-order valence-corrected chi connectivity index (χ3v) is 3.18. The molecule has 0 saturated carbocycles. The van der Waals surface area contributed by atoms with Gasteiger partial charge in [0.1, 0.15) is 0 Å². The summed E-state index contributed by atoms with van der Waals surface area (Å²) in [6.45, 7) is 1.53. The highest BCUT2D eigenvalue weighted by atomic mass is 16.6. The zero-order chi connectivity index (χ0) is 16.5. The van der Waals surface area contributed by atoms with E-state index in [0.29, 0.717) is 26.2 Å². The summed E-state index contributed by atoms with van der Waals surface area (Å²) in [6.07, 6.45) is 0.674. The molecule has 0 aliphatic heterocycles. The lowest BCUT2D eigenvalue weighted by Gasteiger charge is -2.06. The largest absolute Gasteiger partial charge is 0.377 e. The molecule has 0 spiro atoms. The second-order valence-corrected chi connectivity index (χ2v) is 4.96. The smallest absolute Gasteiger partial charge is 0.270 e. The number of carbonyl (C=O) groups is 1. The molecule has 0 aliphatic carbocycles. The van der Waals surface area contributed by atoms with Gasteiger partial charge in [-0.05, 0) is 18.1 Å². The number of benzene rings is 2. The van der Waals surface area contributed by atoms with Crippen LogP contribution in [0, 0.1) is 10.1 Å². The fraction of sp³-hybridized carbons (Fsp3) is 0.235. The van der Waals surface area contributed by atoms with Gasteiger partial charge in [-0.2, -0.15) is 0 Å². The Labute approximate surface area is 134 Å². The minimum Gasteiger partial charge on any atom is -0.377 e. The topological polar surface area (TPSA) is 81.5 Å². The van der Waals surface area contributed by atoms with Crippen LogP contribution in [0.4, 0.5) is 5.69 Å². The number of rotatable bonds is 8. The molecule has 0 saturated heterocycles. The molecular weight excluding hydrogens is 296 g/mol. The summed E-state index contributed by atoms with van der Waals surface area (Å²) in [5.74, 6) is -0.322. The Morgan fingerprint density at radius 3 is 2.65 bits per heavy atom. The van der Waals surface area contributed by atoms with Gasteiger partial charge in [-0.15, -0.1) is 0 Å². The number of nitrogens with one attached hydrogen (secondary N) is 1. The van der Waals surface area contributed by atoms with Gasteiger partial charge >= 0.3 is 0 Å². The number of nitrogens with zero attached hydrogens (tertiary/aromatic N) is 1. The Morgan fingerprint density at radius 1 is 1.13 bits per heavy atom. The normalized spacial score (nSPS) is 10.3. The van der Waals surface area contributed by atoms with Crippen molar-refractivity contribution >= 4 is 11.6 Å². The van der Waals surface area contributed by atoms with Crippen molar-refractivity contribution < 1.29 is 14.5 Å². The fourth-order valence-corrected chi connectivity index (χ4v) is 2.00. The Morgan fingerprint density at radius 2 is 1.91 bits per heavy atom. The van der Waals surface area contributed by atoms with Crippen molar-refractivity contribution in [2.75, 3.05) is 13.2 Å². The predicted octanol–water partition coefficient (Wildman–Crippen LogP) is 2.93. The van der Waals surface area contributed by atoms with Crippen molar-refractivity contribution in [3.63, 3.8) is 0 Å². The highest BCUT2D eigenvalue weighted by Crippen LogP contribution is 2.12. The first-order chi connectivity index (χ1) is 11.2. The van der Waals surface area contributed by atoms with Gasteiger partial charge in [0, 0.05) is 30.8 Å². The summed E-state index contributed by atoms with van der Waals surface area (Å²) in [7, 11) is 0. The first-order valence-electron chi connectivity index (χ1n) is 7.31. The maximum absolute atomic E-state index is 11.9. The molecule has 6 heteroatoms. The van der Waals surface area contributed by atoms with Gasteiger partial charge < -0.3 is 10.1 Å². The Hall–Kier alpha value is -2.73. The highest BCUT2D eigenvalue weighted by molar-refractivity contribution is 5.94. The van der Waals surface area contributed by atoms with E-state index in [0.717, 1.165) is 5.56 Å². The predicted molar refractivity (Wildman–Crippen MR) is 86.1 cm³/mol. The van der Waals surface area contributed by atoms with E-state index in [4.69, 9.17) is 4.74 Å². The van der Waals surface area contributed by atoms with Crippen LogP contribution in [0.3, 0.4) is 0 Å². The third kappa shape index (κ3) is 5.52. The number of hydrogen-bond donors (Lipinski definition) is 1. The number of hydrogen-bond acceptors (Lipinski definition) is 4. The van der Waals surface area contributed by atoms with Gasteiger partial charge in [-0.25, -0.2) is 0 Å². The van der Waals surface area contributed by atoms with Crippen LogP contribution in [0.25, 0.3) is 0 Å². The quantitative estimate of drug-likeness (QED) is 0.461. The average Bonchev–Trinajstić information content (AvgIpc) is 2.58. The van der Waals surface area contributed by atoms with E-state index in [1.165, 1.54) is 18.2 Å². The highest BCUT2D eigenvalue weighted by Gasteiger charge is 2.10. The Bertz CT molecular complexity index is 659. The van der Waals surface area contributed by atoms with Crippen molar-refractivity contribution in [3.05, 3.63) is 75.8 Å². The molecule has 0 atom stereocenters. The number of nitro groups is 1. The molecule has 2 aromatic carbocycles. The van der Waals surface area contributed by atoms with E-state index in [9.17, 15) is 14.9 Å². The molecule has 0 fully saturated rings. The van der Waals surface area contributed by atoms with Crippen LogP contribution in [0.2, 0.25) is 0 Å². The summed E-state index contributed by atoms with van der Waals surface area (Å²) in [5.41, 5.74) is 1.29. The van der Waals surface area contributed by atoms with Gasteiger partial charge in [0.2, 0.25) is 0 Å². The van der Waals surface area contributed by atoms with Crippen LogP contribution >= 0.6 is 0 Å². The average molecular weight is 314 g/mol. The molecule has 120 valence electrons. The molecule has 2 aromatic rings. The van der Waals surface area contributed by atoms with Crippen LogP contribution in [0.15, 0.2) is 54.6 Å². The third-order valence-electron chi connectivity index (χ3n) is 3.18. The van der Waals surface area contributed by atoms with E-state index in [-0.39, 0.29) is 17.2 Å². The second-order valence-electron chi connectivity index (χ2n) is 4.96. The van der Waals surface area contributed by atoms with Crippen molar-refractivity contribution in [2.45, 2.75) is 13.0 Å². The van der Waals surface area contributed by atoms with Gasteiger partial charge in [-0.3, -0.25) is 14.9 Å². The molecule has 23 heavy (non-hydrogen) atoms. The molecule has 0 radical (unpaired) electrons. The van der Waals surface area contributed by atoms with Gasteiger partial charge in [0.05, 0.1) is 11.5 Å². The first kappa shape index (κ1) is 16.6. The van der Waals surface area contributed by atoms with Crippen LogP contribution in [-0.2, 0) is 11.3 Å². The van der Waals surface area contributed by atoms with Crippen LogP contribution in [-0.4, -0.2) is 24.0 Å². The summed E-state index contributed by atoms with van der Waals surface area (Å²) in [5, 5.41) is 13.4. The Balaban J connectivity index is 1.67. The van der Waals surface area contributed by atoms with E-state index in [1.807, 2.05) is 30.3 Å². The van der Waals surface area contributed by atoms with E-state index in [1.54, 1.807) is 6.07 Å². The van der Waals surface area contributed by atoms with E-state index >= 15 is 0 Å². The molecule has 0 aromatic heterocycles. The monoisotopic (exact) mass is 314 g/mol. The maximum Gasteiger partial charge on any atom is 0.270 e. The second kappa shape index (κ2) is 8.65. The number of nitro benzene ring substituents is 1.